The molecule has 0 saturated heterocycles. The molecule has 0 atom stereocenters. The fourth-order valence-electron chi connectivity index (χ4n) is 0.898. The van der Waals surface area contributed by atoms with E-state index in [2.05, 4.69) is 4.98 Å². The monoisotopic (exact) mass is 185 g/mol. The predicted molar refractivity (Wildman–Crippen MR) is 45.3 cm³/mol. The average Bonchev–Trinajstić information content (AvgIpc) is 1.96. The van der Waals surface area contributed by atoms with E-state index in [1.54, 1.807) is 13.0 Å². The molecule has 64 valence electrons. The lowest BCUT2D eigenvalue weighted by molar-refractivity contribution is -0.136. The highest BCUT2D eigenvalue weighted by Crippen LogP contribution is 2.15. The van der Waals surface area contributed by atoms with E-state index in [0.717, 1.165) is 5.69 Å². The molecule has 12 heavy (non-hydrogen) atoms. The maximum atomic E-state index is 10.4. The van der Waals surface area contributed by atoms with Crippen LogP contribution < -0.4 is 0 Å². The Balaban J connectivity index is 2.97. The molecule has 0 bridgehead atoms. The maximum absolute atomic E-state index is 10.4. The first-order valence-electron chi connectivity index (χ1n) is 3.42. The van der Waals surface area contributed by atoms with Crippen molar-refractivity contribution < 1.29 is 9.90 Å². The van der Waals surface area contributed by atoms with Crippen LogP contribution in [0.2, 0.25) is 5.02 Å². The summed E-state index contributed by atoms with van der Waals surface area (Å²) in [4.78, 5) is 14.3. The maximum Gasteiger partial charge on any atom is 0.307 e. The van der Waals surface area contributed by atoms with Crippen molar-refractivity contribution in [2.75, 3.05) is 0 Å². The molecule has 0 unspecified atom stereocenters. The predicted octanol–water partition coefficient (Wildman–Crippen LogP) is 1.67. The lowest BCUT2D eigenvalue weighted by atomic mass is 10.2. The smallest absolute Gasteiger partial charge is 0.307 e. The Kier molecular flexibility index (Phi) is 2.65. The molecule has 4 heteroatoms. The first-order chi connectivity index (χ1) is 5.59. The van der Waals surface area contributed by atoms with Crippen LogP contribution in [0.3, 0.4) is 0 Å². The van der Waals surface area contributed by atoms with Gasteiger partial charge in [-0.1, -0.05) is 11.6 Å². The first kappa shape index (κ1) is 9.00. The van der Waals surface area contributed by atoms with Gasteiger partial charge in [-0.25, -0.2) is 0 Å². The van der Waals surface area contributed by atoms with Crippen molar-refractivity contribution in [2.24, 2.45) is 0 Å². The summed E-state index contributed by atoms with van der Waals surface area (Å²) in [6, 6.07) is 1.68. The van der Waals surface area contributed by atoms with Crippen LogP contribution in [0.15, 0.2) is 12.3 Å². The fraction of sp³-hybridized carbons (Fsp3) is 0.250. The zero-order valence-corrected chi connectivity index (χ0v) is 7.30. The quantitative estimate of drug-likeness (QED) is 0.763. The van der Waals surface area contributed by atoms with Crippen molar-refractivity contribution in [3.63, 3.8) is 0 Å². The molecule has 0 saturated carbocycles. The topological polar surface area (TPSA) is 50.2 Å². The van der Waals surface area contributed by atoms with Gasteiger partial charge in [-0.05, 0) is 18.6 Å². The molecule has 1 heterocycles. The summed E-state index contributed by atoms with van der Waals surface area (Å²) < 4.78 is 0. The zero-order chi connectivity index (χ0) is 9.14. The molecule has 3 nitrogen and oxygen atoms in total. The number of carboxylic acid groups (broad SMARTS) is 1. The van der Waals surface area contributed by atoms with E-state index in [1.165, 1.54) is 6.20 Å². The van der Waals surface area contributed by atoms with Crippen LogP contribution >= 0.6 is 11.6 Å². The van der Waals surface area contributed by atoms with Crippen molar-refractivity contribution in [1.82, 2.24) is 4.98 Å². The van der Waals surface area contributed by atoms with Crippen LogP contribution in [-0.4, -0.2) is 16.1 Å². The molecule has 0 radical (unpaired) electrons. The van der Waals surface area contributed by atoms with Gasteiger partial charge in [0.2, 0.25) is 0 Å². The fourth-order valence-corrected chi connectivity index (χ4v) is 1.07. The van der Waals surface area contributed by atoms with Gasteiger partial charge >= 0.3 is 5.97 Å². The van der Waals surface area contributed by atoms with E-state index in [-0.39, 0.29) is 6.42 Å². The molecular formula is C8H8ClNO2. The third-order valence-electron chi connectivity index (χ3n) is 1.41. The summed E-state index contributed by atoms with van der Waals surface area (Å²) in [5, 5.41) is 8.91. The van der Waals surface area contributed by atoms with Crippen LogP contribution in [0.5, 0.6) is 0 Å². The molecule has 0 spiro atoms. The molecule has 0 fully saturated rings. The SMILES string of the molecule is Cc1cc(CC(=O)O)c(Cl)cn1. The van der Waals surface area contributed by atoms with E-state index in [4.69, 9.17) is 16.7 Å². The standard InChI is InChI=1S/C8H8ClNO2/c1-5-2-6(3-8(11)12)7(9)4-10-5/h2,4H,3H2,1H3,(H,11,12). The minimum atomic E-state index is -0.887. The normalized spacial score (nSPS) is 9.83. The highest BCUT2D eigenvalue weighted by atomic mass is 35.5. The summed E-state index contributed by atoms with van der Waals surface area (Å²) in [6.45, 7) is 1.79. The molecule has 0 aliphatic heterocycles. The first-order valence-corrected chi connectivity index (χ1v) is 3.80. The highest BCUT2D eigenvalue weighted by molar-refractivity contribution is 6.31. The Hall–Kier alpha value is -1.09. The van der Waals surface area contributed by atoms with Gasteiger partial charge in [0.1, 0.15) is 0 Å². The number of carbonyl (C=O) groups is 1. The number of aromatic nitrogens is 1. The molecule has 1 rings (SSSR count). The summed E-state index contributed by atoms with van der Waals surface area (Å²) in [6.07, 6.45) is 1.41. The van der Waals surface area contributed by atoms with E-state index >= 15 is 0 Å². The Morgan fingerprint density at radius 1 is 1.75 bits per heavy atom. The van der Waals surface area contributed by atoms with E-state index in [1.807, 2.05) is 0 Å². The number of aryl methyl sites for hydroxylation is 1. The van der Waals surface area contributed by atoms with Gasteiger partial charge < -0.3 is 5.11 Å². The van der Waals surface area contributed by atoms with Gasteiger partial charge in [-0.3, -0.25) is 9.78 Å². The Bertz CT molecular complexity index is 312. The van der Waals surface area contributed by atoms with Gasteiger partial charge in [-0.2, -0.15) is 0 Å². The van der Waals surface area contributed by atoms with E-state index in [9.17, 15) is 4.79 Å². The molecule has 1 aromatic heterocycles. The second-order valence-electron chi connectivity index (χ2n) is 2.49. The number of pyridine rings is 1. The molecule has 0 amide bonds. The highest BCUT2D eigenvalue weighted by Gasteiger charge is 2.05. The van der Waals surface area contributed by atoms with Crippen LogP contribution in [0, 0.1) is 6.92 Å². The molecule has 0 aliphatic carbocycles. The van der Waals surface area contributed by atoms with E-state index in [0.29, 0.717) is 10.6 Å². The molecule has 1 N–H and O–H groups in total. The van der Waals surface area contributed by atoms with Crippen molar-refractivity contribution >= 4 is 17.6 Å². The summed E-state index contributed by atoms with van der Waals surface area (Å²) in [5.41, 5.74) is 1.38. The summed E-state index contributed by atoms with van der Waals surface area (Å²) >= 11 is 5.71. The Labute approximate surface area is 75.0 Å². The number of carboxylic acids is 1. The lowest BCUT2D eigenvalue weighted by Gasteiger charge is -2.00. The van der Waals surface area contributed by atoms with Crippen LogP contribution in [0.1, 0.15) is 11.3 Å². The largest absolute Gasteiger partial charge is 0.481 e. The van der Waals surface area contributed by atoms with E-state index < -0.39 is 5.97 Å². The molecule has 0 aliphatic rings. The van der Waals surface area contributed by atoms with Crippen LogP contribution in [0.25, 0.3) is 0 Å². The van der Waals surface area contributed by atoms with Gasteiger partial charge in [0, 0.05) is 11.9 Å². The third kappa shape index (κ3) is 2.20. The lowest BCUT2D eigenvalue weighted by Crippen LogP contribution is -2.01. The van der Waals surface area contributed by atoms with Crippen LogP contribution in [-0.2, 0) is 11.2 Å². The second-order valence-corrected chi connectivity index (χ2v) is 2.89. The number of hydrogen-bond donors (Lipinski definition) is 1. The Morgan fingerprint density at radius 2 is 2.42 bits per heavy atom. The minimum Gasteiger partial charge on any atom is -0.481 e. The van der Waals surface area contributed by atoms with Gasteiger partial charge in [0.15, 0.2) is 0 Å². The van der Waals surface area contributed by atoms with Crippen molar-refractivity contribution in [3.05, 3.63) is 28.5 Å². The average molecular weight is 186 g/mol. The van der Waals surface area contributed by atoms with Crippen LogP contribution in [0.4, 0.5) is 0 Å². The molecule has 0 aromatic carbocycles. The third-order valence-corrected chi connectivity index (χ3v) is 1.75. The van der Waals surface area contributed by atoms with Crippen molar-refractivity contribution in [1.29, 1.82) is 0 Å². The minimum absolute atomic E-state index is 0.0534. The zero-order valence-electron chi connectivity index (χ0n) is 6.54. The number of halogens is 1. The van der Waals surface area contributed by atoms with Gasteiger partial charge in [0.25, 0.3) is 0 Å². The number of aliphatic carboxylic acids is 1. The second kappa shape index (κ2) is 3.54. The number of nitrogens with zero attached hydrogens (tertiary/aromatic N) is 1. The number of rotatable bonds is 2. The molecule has 1 aromatic rings. The Morgan fingerprint density at radius 3 is 3.00 bits per heavy atom. The number of hydrogen-bond acceptors (Lipinski definition) is 2. The van der Waals surface area contributed by atoms with Gasteiger partial charge in [0.05, 0.1) is 11.4 Å². The van der Waals surface area contributed by atoms with Crippen molar-refractivity contribution in [3.8, 4) is 0 Å². The summed E-state index contributed by atoms with van der Waals surface area (Å²) in [5.74, 6) is -0.887. The van der Waals surface area contributed by atoms with Crippen molar-refractivity contribution in [2.45, 2.75) is 13.3 Å². The molecular weight excluding hydrogens is 178 g/mol. The van der Waals surface area contributed by atoms with Gasteiger partial charge in [-0.15, -0.1) is 0 Å². The summed E-state index contributed by atoms with van der Waals surface area (Å²) in [7, 11) is 0.